The van der Waals surface area contributed by atoms with E-state index in [1.54, 1.807) is 42.0 Å². The van der Waals surface area contributed by atoms with Gasteiger partial charge >= 0.3 is 5.69 Å². The summed E-state index contributed by atoms with van der Waals surface area (Å²) in [4.78, 5) is 11.5. The molecular formula is C20H13N3O3. The van der Waals surface area contributed by atoms with Gasteiger partial charge in [0.15, 0.2) is 0 Å². The smallest absolute Gasteiger partial charge is 0.304 e. The maximum atomic E-state index is 12.0. The van der Waals surface area contributed by atoms with E-state index in [-0.39, 0.29) is 11.4 Å². The summed E-state index contributed by atoms with van der Waals surface area (Å²) in [5, 5.41) is 23.3. The molecule has 2 heterocycles. The summed E-state index contributed by atoms with van der Waals surface area (Å²) in [5.74, 6) is 0.643. The Morgan fingerprint density at radius 2 is 1.85 bits per heavy atom. The number of fused-ring (bicyclic) bond motifs is 3. The maximum absolute atomic E-state index is 12.0. The largest absolute Gasteiger partial charge is 0.497 e. The number of benzene rings is 2. The Morgan fingerprint density at radius 1 is 1.12 bits per heavy atom. The van der Waals surface area contributed by atoms with Crippen molar-refractivity contribution in [3.63, 3.8) is 0 Å². The van der Waals surface area contributed by atoms with Gasteiger partial charge in [0.1, 0.15) is 23.0 Å². The molecule has 0 saturated heterocycles. The number of nitro groups is 1. The van der Waals surface area contributed by atoms with E-state index in [1.807, 2.05) is 30.3 Å². The Kier molecular flexibility index (Phi) is 3.55. The third kappa shape index (κ3) is 2.19. The zero-order valence-electron chi connectivity index (χ0n) is 13.8. The normalized spacial score (nSPS) is 10.8. The van der Waals surface area contributed by atoms with Crippen molar-refractivity contribution >= 4 is 22.0 Å². The van der Waals surface area contributed by atoms with Crippen LogP contribution in [0.1, 0.15) is 5.69 Å². The van der Waals surface area contributed by atoms with Crippen molar-refractivity contribution in [1.82, 2.24) is 4.40 Å². The van der Waals surface area contributed by atoms with Crippen molar-refractivity contribution in [2.75, 3.05) is 7.11 Å². The SMILES string of the molecule is COc1ccc(-c2c([N+](=O)[O-])c3c4ccccc4ccn3c2C#N)cc1. The quantitative estimate of drug-likeness (QED) is 0.404. The Hall–Kier alpha value is -3.85. The third-order valence-corrected chi connectivity index (χ3v) is 4.47. The number of hydrogen-bond acceptors (Lipinski definition) is 4. The molecule has 0 amide bonds. The average Bonchev–Trinajstić information content (AvgIpc) is 3.03. The van der Waals surface area contributed by atoms with Crippen LogP contribution < -0.4 is 4.74 Å². The van der Waals surface area contributed by atoms with E-state index in [1.165, 1.54) is 0 Å². The topological polar surface area (TPSA) is 80.6 Å². The van der Waals surface area contributed by atoms with Crippen molar-refractivity contribution < 1.29 is 9.66 Å². The number of aromatic nitrogens is 1. The van der Waals surface area contributed by atoms with E-state index < -0.39 is 4.92 Å². The Morgan fingerprint density at radius 3 is 2.50 bits per heavy atom. The first-order chi connectivity index (χ1) is 12.7. The van der Waals surface area contributed by atoms with Crippen LogP contribution in [0.4, 0.5) is 5.69 Å². The van der Waals surface area contributed by atoms with Gasteiger partial charge in [0.2, 0.25) is 0 Å². The van der Waals surface area contributed by atoms with Crippen LogP contribution in [0.5, 0.6) is 5.75 Å². The van der Waals surface area contributed by atoms with Crippen LogP contribution in [0, 0.1) is 21.4 Å². The monoisotopic (exact) mass is 343 g/mol. The first-order valence-electron chi connectivity index (χ1n) is 7.90. The summed E-state index contributed by atoms with van der Waals surface area (Å²) in [6.45, 7) is 0. The van der Waals surface area contributed by atoms with Crippen LogP contribution >= 0.6 is 0 Å². The molecule has 0 unspecified atom stereocenters. The summed E-state index contributed by atoms with van der Waals surface area (Å²) in [6.07, 6.45) is 1.70. The fraction of sp³-hybridized carbons (Fsp3) is 0.0500. The first-order valence-corrected chi connectivity index (χ1v) is 7.90. The van der Waals surface area contributed by atoms with Gasteiger partial charge in [-0.1, -0.05) is 36.4 Å². The van der Waals surface area contributed by atoms with E-state index in [0.717, 1.165) is 10.8 Å². The summed E-state index contributed by atoms with van der Waals surface area (Å²) in [6, 6.07) is 18.3. The highest BCUT2D eigenvalue weighted by Gasteiger charge is 2.29. The molecule has 2 aromatic heterocycles. The van der Waals surface area contributed by atoms with Crippen molar-refractivity contribution in [2.24, 2.45) is 0 Å². The van der Waals surface area contributed by atoms with Gasteiger partial charge in [-0.05, 0) is 29.1 Å². The molecule has 0 aliphatic carbocycles. The molecule has 0 atom stereocenters. The second-order valence-electron chi connectivity index (χ2n) is 5.79. The maximum Gasteiger partial charge on any atom is 0.304 e. The molecule has 0 saturated carbocycles. The minimum Gasteiger partial charge on any atom is -0.497 e. The number of rotatable bonds is 3. The van der Waals surface area contributed by atoms with E-state index in [0.29, 0.717) is 22.4 Å². The fourth-order valence-electron chi connectivity index (χ4n) is 3.31. The molecule has 126 valence electrons. The zero-order chi connectivity index (χ0) is 18.3. The summed E-state index contributed by atoms with van der Waals surface area (Å²) < 4.78 is 6.75. The van der Waals surface area contributed by atoms with E-state index >= 15 is 0 Å². The molecule has 0 fully saturated rings. The molecule has 0 bridgehead atoms. The molecule has 4 rings (SSSR count). The van der Waals surface area contributed by atoms with Crippen molar-refractivity contribution in [2.45, 2.75) is 0 Å². The lowest BCUT2D eigenvalue weighted by Gasteiger charge is -2.02. The molecule has 0 N–H and O–H groups in total. The molecule has 6 heteroatoms. The van der Waals surface area contributed by atoms with Crippen molar-refractivity contribution in [3.8, 4) is 22.9 Å². The van der Waals surface area contributed by atoms with Crippen molar-refractivity contribution in [1.29, 1.82) is 5.26 Å². The van der Waals surface area contributed by atoms with Gasteiger partial charge in [-0.25, -0.2) is 0 Å². The number of hydrogen-bond donors (Lipinski definition) is 0. The highest BCUT2D eigenvalue weighted by molar-refractivity contribution is 6.05. The van der Waals surface area contributed by atoms with Gasteiger partial charge in [-0.2, -0.15) is 5.26 Å². The molecule has 2 aromatic carbocycles. The van der Waals surface area contributed by atoms with Gasteiger partial charge in [0.25, 0.3) is 0 Å². The lowest BCUT2D eigenvalue weighted by molar-refractivity contribution is -0.382. The second-order valence-corrected chi connectivity index (χ2v) is 5.79. The minimum atomic E-state index is -0.415. The summed E-state index contributed by atoms with van der Waals surface area (Å²) in [5.41, 5.74) is 1.51. The summed E-state index contributed by atoms with van der Waals surface area (Å²) >= 11 is 0. The zero-order valence-corrected chi connectivity index (χ0v) is 13.8. The Labute approximate surface area is 148 Å². The van der Waals surface area contributed by atoms with Crippen molar-refractivity contribution in [3.05, 3.63) is 76.6 Å². The highest BCUT2D eigenvalue weighted by Crippen LogP contribution is 2.41. The molecule has 26 heavy (non-hydrogen) atoms. The molecule has 0 spiro atoms. The molecule has 0 radical (unpaired) electrons. The number of nitriles is 1. The van der Waals surface area contributed by atoms with Gasteiger partial charge in [-0.3, -0.25) is 10.1 Å². The Bertz CT molecular complexity index is 1200. The highest BCUT2D eigenvalue weighted by atomic mass is 16.6. The standard InChI is InChI=1S/C20H13N3O3/c1-26-15-8-6-14(7-9-15)18-17(12-21)22-11-10-13-4-2-3-5-16(13)19(22)20(18)23(24)25/h2-11H,1H3. The predicted octanol–water partition coefficient (Wildman–Crippen LogP) is 4.55. The molecule has 6 nitrogen and oxygen atoms in total. The fourth-order valence-corrected chi connectivity index (χ4v) is 3.31. The van der Waals surface area contributed by atoms with Gasteiger partial charge in [0.05, 0.1) is 17.6 Å². The molecular weight excluding hydrogens is 330 g/mol. The van der Waals surface area contributed by atoms with Gasteiger partial charge < -0.3 is 9.14 Å². The van der Waals surface area contributed by atoms with Crippen LogP contribution in [0.2, 0.25) is 0 Å². The molecule has 4 aromatic rings. The number of nitrogens with zero attached hydrogens (tertiary/aromatic N) is 3. The van der Waals surface area contributed by atoms with Crippen LogP contribution in [0.3, 0.4) is 0 Å². The van der Waals surface area contributed by atoms with E-state index in [4.69, 9.17) is 4.74 Å². The Balaban J connectivity index is 2.18. The molecule has 0 aliphatic heterocycles. The van der Waals surface area contributed by atoms with E-state index in [2.05, 4.69) is 6.07 Å². The first kappa shape index (κ1) is 15.7. The number of methoxy groups -OCH3 is 1. The average molecular weight is 343 g/mol. The van der Waals surface area contributed by atoms with Crippen LogP contribution in [0.15, 0.2) is 60.8 Å². The predicted molar refractivity (Wildman–Crippen MR) is 98.3 cm³/mol. The number of pyridine rings is 1. The number of ether oxygens (including phenoxy) is 1. The van der Waals surface area contributed by atoms with Crippen LogP contribution in [-0.2, 0) is 0 Å². The van der Waals surface area contributed by atoms with Crippen LogP contribution in [-0.4, -0.2) is 16.4 Å². The minimum absolute atomic E-state index is 0.0662. The summed E-state index contributed by atoms with van der Waals surface area (Å²) in [7, 11) is 1.55. The van der Waals surface area contributed by atoms with Gasteiger partial charge in [-0.15, -0.1) is 0 Å². The third-order valence-electron chi connectivity index (χ3n) is 4.47. The second kappa shape index (κ2) is 5.90. The lowest BCUT2D eigenvalue weighted by Crippen LogP contribution is -1.91. The van der Waals surface area contributed by atoms with Gasteiger partial charge in [0, 0.05) is 11.6 Å². The molecule has 0 aliphatic rings. The van der Waals surface area contributed by atoms with E-state index in [9.17, 15) is 15.4 Å². The van der Waals surface area contributed by atoms with Crippen LogP contribution in [0.25, 0.3) is 27.4 Å². The lowest BCUT2D eigenvalue weighted by atomic mass is 10.0.